The van der Waals surface area contributed by atoms with Gasteiger partial charge in [-0.05, 0) is 122 Å². The number of nitrogens with one attached hydrogen (secondary N) is 1. The summed E-state index contributed by atoms with van der Waals surface area (Å²) in [6.07, 6.45) is 9.89. The van der Waals surface area contributed by atoms with Gasteiger partial charge in [-0.3, -0.25) is 14.3 Å². The van der Waals surface area contributed by atoms with Gasteiger partial charge in [0.2, 0.25) is 0 Å². The van der Waals surface area contributed by atoms with Gasteiger partial charge in [-0.15, -0.1) is 4.36 Å². The third-order valence-corrected chi connectivity index (χ3v) is 13.5. The molecule has 49 heavy (non-hydrogen) atoms. The lowest BCUT2D eigenvalue weighted by Gasteiger charge is -2.46. The van der Waals surface area contributed by atoms with Crippen molar-refractivity contribution in [3.05, 3.63) is 86.9 Å². The molecule has 260 valence electrons. The van der Waals surface area contributed by atoms with Gasteiger partial charge in [-0.25, -0.2) is 4.21 Å². The number of amides is 2. The Balaban J connectivity index is 1.31. The maximum Gasteiger partial charge on any atom is 0.286 e. The average Bonchev–Trinajstić information content (AvgIpc) is 3.43. The molecule has 1 unspecified atom stereocenters. The number of nitrogens with zero attached hydrogens (tertiary/aromatic N) is 3. The molecule has 6 atom stereocenters. The van der Waals surface area contributed by atoms with E-state index in [0.29, 0.717) is 36.2 Å². The van der Waals surface area contributed by atoms with Crippen LogP contribution in [-0.4, -0.2) is 59.1 Å². The number of carbonyl (C=O) groups excluding carboxylic acids is 2. The number of hydrogen-bond acceptors (Lipinski definition) is 8. The molecular formula is C37H43ClN4O5S2. The van der Waals surface area contributed by atoms with E-state index >= 15 is 0 Å². The molecule has 1 spiro atoms. The lowest BCUT2D eigenvalue weighted by Crippen LogP contribution is -2.49. The SMILES string of the molecule is CO[C@H]1/C=C\C[C@H](C)CS(=O)(NC(=O)c2cc(C)sn2)=NC(=O)c2ccc3c(c2)N(C[C@@H]2CC[C@H]21)C[C@@]1(CCCc2cc(Cl)ccc21)CO3. The van der Waals surface area contributed by atoms with Gasteiger partial charge in [-0.1, -0.05) is 36.7 Å². The Bertz CT molecular complexity index is 1920. The van der Waals surface area contributed by atoms with Crippen molar-refractivity contribution in [1.29, 1.82) is 0 Å². The van der Waals surface area contributed by atoms with Crippen molar-refractivity contribution in [2.45, 2.75) is 63.9 Å². The van der Waals surface area contributed by atoms with Crippen LogP contribution in [0.3, 0.4) is 0 Å². The number of carbonyl (C=O) groups is 2. The molecular weight excluding hydrogens is 680 g/mol. The number of methoxy groups -OCH3 is 1. The molecule has 1 N–H and O–H groups in total. The van der Waals surface area contributed by atoms with Crippen LogP contribution in [0.1, 0.15) is 75.9 Å². The van der Waals surface area contributed by atoms with Crippen molar-refractivity contribution < 1.29 is 23.3 Å². The van der Waals surface area contributed by atoms with Gasteiger partial charge in [0, 0.05) is 41.1 Å². The Morgan fingerprint density at radius 2 is 2.06 bits per heavy atom. The van der Waals surface area contributed by atoms with Gasteiger partial charge < -0.3 is 14.4 Å². The lowest BCUT2D eigenvalue weighted by molar-refractivity contribution is 0.0131. The number of aryl methyl sites for hydroxylation is 2. The standard InChI is InChI=1S/C37H43ClN4O5S2/c1-23-6-4-8-33(46-3)29-12-9-27(29)19-42-21-37(15-5-7-25-17-28(38)11-13-30(25)37)22-47-34-14-10-26(18-32(34)42)35(43)40-49(45,20-23)41-36(44)31-16-24(2)48-39-31/h4,8,10-11,13-14,16-18,23,27,29,33H,5-7,9,12,15,19-22H2,1-3H3,(H,40,41,43,44,45)/b8-4-/t23-,27-,29+,33-,37-,49?/m0/s1. The second-order valence-electron chi connectivity index (χ2n) is 14.2. The van der Waals surface area contributed by atoms with Gasteiger partial charge in [0.05, 0.1) is 24.2 Å². The molecule has 2 bridgehead atoms. The first kappa shape index (κ1) is 34.2. The topological polar surface area (TPSA) is 110 Å². The first-order valence-electron chi connectivity index (χ1n) is 17.1. The third kappa shape index (κ3) is 7.04. The van der Waals surface area contributed by atoms with E-state index in [4.69, 9.17) is 21.1 Å². The number of fused-ring (bicyclic) bond motifs is 4. The van der Waals surface area contributed by atoms with Crippen LogP contribution >= 0.6 is 23.1 Å². The van der Waals surface area contributed by atoms with E-state index in [1.54, 1.807) is 19.2 Å². The van der Waals surface area contributed by atoms with Crippen LogP contribution in [0.25, 0.3) is 0 Å². The van der Waals surface area contributed by atoms with Gasteiger partial charge in [-0.2, -0.15) is 4.37 Å². The van der Waals surface area contributed by atoms with Crippen molar-refractivity contribution >= 4 is 50.6 Å². The number of halogens is 1. The zero-order valence-corrected chi connectivity index (χ0v) is 30.5. The fraction of sp³-hybridized carbons (Fsp3) is 0.486. The molecule has 12 heteroatoms. The maximum atomic E-state index is 14.4. The molecule has 1 aromatic heterocycles. The molecule has 0 radical (unpaired) electrons. The number of benzene rings is 2. The third-order valence-electron chi connectivity index (χ3n) is 10.6. The number of allylic oxidation sites excluding steroid dienone is 1. The smallest absolute Gasteiger partial charge is 0.286 e. The molecule has 2 amide bonds. The van der Waals surface area contributed by atoms with Gasteiger partial charge in [0.1, 0.15) is 21.4 Å². The van der Waals surface area contributed by atoms with Gasteiger partial charge in [0.15, 0.2) is 0 Å². The van der Waals surface area contributed by atoms with Gasteiger partial charge >= 0.3 is 0 Å². The zero-order valence-electron chi connectivity index (χ0n) is 28.2. The van der Waals surface area contributed by atoms with E-state index in [2.05, 4.69) is 42.6 Å². The molecule has 7 rings (SSSR count). The summed E-state index contributed by atoms with van der Waals surface area (Å²) in [6, 6.07) is 13.2. The van der Waals surface area contributed by atoms with Crippen LogP contribution < -0.4 is 14.4 Å². The number of ether oxygens (including phenoxy) is 2. The highest BCUT2D eigenvalue weighted by Crippen LogP contribution is 2.47. The van der Waals surface area contributed by atoms with Crippen LogP contribution in [0.15, 0.2) is 59.0 Å². The highest BCUT2D eigenvalue weighted by atomic mass is 35.5. The quantitative estimate of drug-likeness (QED) is 0.286. The van der Waals surface area contributed by atoms with Crippen LogP contribution in [0.2, 0.25) is 5.02 Å². The van der Waals surface area contributed by atoms with E-state index in [1.165, 1.54) is 22.7 Å². The fourth-order valence-corrected chi connectivity index (χ4v) is 10.7. The molecule has 0 saturated heterocycles. The van der Waals surface area contributed by atoms with E-state index < -0.39 is 21.7 Å². The predicted molar refractivity (Wildman–Crippen MR) is 194 cm³/mol. The lowest BCUT2D eigenvalue weighted by atomic mass is 9.68. The van der Waals surface area contributed by atoms with Crippen molar-refractivity contribution in [2.75, 3.05) is 37.5 Å². The van der Waals surface area contributed by atoms with Crippen molar-refractivity contribution in [3.8, 4) is 5.75 Å². The van der Waals surface area contributed by atoms with Crippen LogP contribution in [-0.2, 0) is 26.5 Å². The average molecular weight is 723 g/mol. The Kier molecular flexibility index (Phi) is 9.64. The summed E-state index contributed by atoms with van der Waals surface area (Å²) in [4.78, 5) is 30.3. The van der Waals surface area contributed by atoms with Crippen molar-refractivity contribution in [2.24, 2.45) is 22.1 Å². The number of hydrogen-bond donors (Lipinski definition) is 1. The first-order valence-corrected chi connectivity index (χ1v) is 19.9. The Hall–Kier alpha value is -3.25. The maximum absolute atomic E-state index is 14.4. The van der Waals surface area contributed by atoms with Crippen molar-refractivity contribution in [3.63, 3.8) is 0 Å². The van der Waals surface area contributed by atoms with Gasteiger partial charge in [0.25, 0.3) is 11.8 Å². The van der Waals surface area contributed by atoms with E-state index in [0.717, 1.165) is 60.8 Å². The molecule has 3 aromatic rings. The highest BCUT2D eigenvalue weighted by Gasteiger charge is 2.44. The summed E-state index contributed by atoms with van der Waals surface area (Å²) in [6.45, 7) is 5.80. The monoisotopic (exact) mass is 722 g/mol. The molecule has 4 aliphatic rings. The summed E-state index contributed by atoms with van der Waals surface area (Å²) in [5.41, 5.74) is 3.56. The first-order chi connectivity index (χ1) is 23.5. The van der Waals surface area contributed by atoms with Crippen molar-refractivity contribution in [1.82, 2.24) is 9.10 Å². The van der Waals surface area contributed by atoms with E-state index in [1.807, 2.05) is 32.0 Å². The second kappa shape index (κ2) is 13.8. The Labute approximate surface area is 297 Å². The largest absolute Gasteiger partial charge is 0.490 e. The second-order valence-corrected chi connectivity index (χ2v) is 17.7. The number of rotatable bonds is 3. The summed E-state index contributed by atoms with van der Waals surface area (Å²) < 4.78 is 38.1. The summed E-state index contributed by atoms with van der Waals surface area (Å²) >= 11 is 7.63. The molecule has 2 aromatic carbocycles. The van der Waals surface area contributed by atoms with E-state index in [-0.39, 0.29) is 28.9 Å². The van der Waals surface area contributed by atoms with Crippen LogP contribution in [0.5, 0.6) is 5.75 Å². The minimum atomic E-state index is -3.51. The minimum absolute atomic E-state index is 0.00770. The summed E-state index contributed by atoms with van der Waals surface area (Å²) in [7, 11) is -1.75. The van der Waals surface area contributed by atoms with Crippen LogP contribution in [0, 0.1) is 24.7 Å². The Morgan fingerprint density at radius 1 is 1.20 bits per heavy atom. The fourth-order valence-electron chi connectivity index (χ4n) is 8.04. The molecule has 1 fully saturated rings. The highest BCUT2D eigenvalue weighted by molar-refractivity contribution is 7.92. The zero-order chi connectivity index (χ0) is 34.3. The normalized spacial score (nSPS) is 30.5. The number of aromatic nitrogens is 1. The minimum Gasteiger partial charge on any atom is -0.490 e. The predicted octanol–water partition coefficient (Wildman–Crippen LogP) is 7.17. The summed E-state index contributed by atoms with van der Waals surface area (Å²) in [5, 5.41) is 0.741. The Morgan fingerprint density at radius 3 is 2.82 bits per heavy atom. The van der Waals surface area contributed by atoms with Crippen LogP contribution in [0.4, 0.5) is 5.69 Å². The molecule has 3 heterocycles. The number of anilines is 1. The van der Waals surface area contributed by atoms with E-state index in [9.17, 15) is 13.8 Å². The molecule has 1 saturated carbocycles. The summed E-state index contributed by atoms with van der Waals surface area (Å²) in [5.74, 6) is 0.0542. The molecule has 9 nitrogen and oxygen atoms in total. The molecule has 2 aliphatic heterocycles. The molecule has 2 aliphatic carbocycles.